The molecule has 0 N–H and O–H groups in total. The lowest BCUT2D eigenvalue weighted by Crippen LogP contribution is -1.95. The molecule has 0 nitrogen and oxygen atoms in total. The molecule has 4 saturated carbocycles. The van der Waals surface area contributed by atoms with Crippen molar-refractivity contribution in [3.8, 4) is 0 Å². The summed E-state index contributed by atoms with van der Waals surface area (Å²) in [5.41, 5.74) is 0.994. The van der Waals surface area contributed by atoms with Gasteiger partial charge in [-0.05, 0) is 67.6 Å². The molecule has 0 aliphatic heterocycles. The maximum absolute atomic E-state index is 1.64. The van der Waals surface area contributed by atoms with Crippen molar-refractivity contribution in [1.29, 1.82) is 0 Å². The molecule has 4 aliphatic carbocycles. The van der Waals surface area contributed by atoms with Crippen LogP contribution in [0, 0.1) is 29.1 Å². The lowest BCUT2D eigenvalue weighted by Gasteiger charge is -2.04. The van der Waals surface area contributed by atoms with Crippen LogP contribution < -0.4 is 0 Å². The van der Waals surface area contributed by atoms with Crippen molar-refractivity contribution >= 4 is 0 Å². The van der Waals surface area contributed by atoms with Crippen LogP contribution in [0.2, 0.25) is 0 Å². The second-order valence-corrected chi connectivity index (χ2v) is 5.60. The molecule has 0 aromatic heterocycles. The monoisotopic (exact) mass is 148 g/mol. The molecule has 11 heavy (non-hydrogen) atoms. The van der Waals surface area contributed by atoms with E-state index in [2.05, 4.69) is 0 Å². The molecular formula is C11H16. The molecule has 0 heteroatoms. The first-order chi connectivity index (χ1) is 5.38. The fourth-order valence-corrected chi connectivity index (χ4v) is 3.99. The smallest absolute Gasteiger partial charge is 0.0235 e. The Bertz CT molecular complexity index is 220. The Morgan fingerprint density at radius 2 is 1.73 bits per heavy atom. The normalized spacial score (nSPS) is 69.8. The highest BCUT2D eigenvalue weighted by atomic mass is 14.8. The summed E-state index contributed by atoms with van der Waals surface area (Å²) >= 11 is 0. The van der Waals surface area contributed by atoms with Crippen molar-refractivity contribution in [3.05, 3.63) is 0 Å². The highest BCUT2D eigenvalue weighted by molar-refractivity contribution is 5.20. The molecule has 5 atom stereocenters. The van der Waals surface area contributed by atoms with Gasteiger partial charge in [0, 0.05) is 0 Å². The largest absolute Gasteiger partial charge is 0.0499 e. The van der Waals surface area contributed by atoms with Gasteiger partial charge in [0.05, 0.1) is 0 Å². The second-order valence-electron chi connectivity index (χ2n) is 5.60. The van der Waals surface area contributed by atoms with Crippen LogP contribution in [0.5, 0.6) is 0 Å². The van der Waals surface area contributed by atoms with Crippen molar-refractivity contribution in [3.63, 3.8) is 0 Å². The molecule has 0 saturated heterocycles. The van der Waals surface area contributed by atoms with E-state index in [0.29, 0.717) is 0 Å². The molecule has 4 rings (SSSR count). The standard InChI is InChI=1S/C11H16/c1-2-9-5-11(9)6-10(11)4-8-3-7(1)8/h7-10H,1-6H2. The Morgan fingerprint density at radius 3 is 2.73 bits per heavy atom. The maximum Gasteiger partial charge on any atom is -0.0235 e. The van der Waals surface area contributed by atoms with Gasteiger partial charge in [-0.2, -0.15) is 0 Å². The summed E-state index contributed by atoms with van der Waals surface area (Å²) in [5.74, 6) is 4.85. The first-order valence-electron chi connectivity index (χ1n) is 5.38. The van der Waals surface area contributed by atoms with Gasteiger partial charge in [-0.15, -0.1) is 0 Å². The van der Waals surface area contributed by atoms with Gasteiger partial charge in [0.2, 0.25) is 0 Å². The minimum atomic E-state index is 0.994. The molecule has 0 bridgehead atoms. The van der Waals surface area contributed by atoms with Crippen molar-refractivity contribution < 1.29 is 0 Å². The molecule has 1 spiro atoms. The molecule has 60 valence electrons. The van der Waals surface area contributed by atoms with E-state index >= 15 is 0 Å². The molecule has 4 fully saturated rings. The van der Waals surface area contributed by atoms with Gasteiger partial charge in [-0.3, -0.25) is 0 Å². The van der Waals surface area contributed by atoms with E-state index in [1.807, 2.05) is 0 Å². The number of hydrogen-bond donors (Lipinski definition) is 0. The average molecular weight is 148 g/mol. The number of fused-ring (bicyclic) bond motifs is 1. The van der Waals surface area contributed by atoms with Crippen LogP contribution in [-0.2, 0) is 0 Å². The van der Waals surface area contributed by atoms with Crippen molar-refractivity contribution in [1.82, 2.24) is 0 Å². The Labute approximate surface area is 68.4 Å². The van der Waals surface area contributed by atoms with Gasteiger partial charge in [0.15, 0.2) is 0 Å². The number of rotatable bonds is 0. The summed E-state index contributed by atoms with van der Waals surface area (Å²) in [6, 6.07) is 0. The fourth-order valence-electron chi connectivity index (χ4n) is 3.99. The van der Waals surface area contributed by atoms with Crippen LogP contribution in [0.4, 0.5) is 0 Å². The summed E-state index contributed by atoms with van der Waals surface area (Å²) in [4.78, 5) is 0. The van der Waals surface area contributed by atoms with Crippen molar-refractivity contribution in [2.45, 2.75) is 38.5 Å². The Morgan fingerprint density at radius 1 is 0.818 bits per heavy atom. The molecule has 5 unspecified atom stereocenters. The minimum absolute atomic E-state index is 0.994. The molecular weight excluding hydrogens is 132 g/mol. The third-order valence-corrected chi connectivity index (χ3v) is 5.10. The van der Waals surface area contributed by atoms with E-state index in [9.17, 15) is 0 Å². The van der Waals surface area contributed by atoms with E-state index in [-0.39, 0.29) is 0 Å². The summed E-state index contributed by atoms with van der Waals surface area (Å²) < 4.78 is 0. The van der Waals surface area contributed by atoms with Crippen LogP contribution in [0.3, 0.4) is 0 Å². The quantitative estimate of drug-likeness (QED) is 0.495. The number of hydrogen-bond acceptors (Lipinski definition) is 0. The highest BCUT2D eigenvalue weighted by Crippen LogP contribution is 2.79. The van der Waals surface area contributed by atoms with Gasteiger partial charge in [-0.1, -0.05) is 0 Å². The van der Waals surface area contributed by atoms with Gasteiger partial charge >= 0.3 is 0 Å². The minimum Gasteiger partial charge on any atom is -0.0499 e. The van der Waals surface area contributed by atoms with E-state index in [0.717, 1.165) is 5.41 Å². The fraction of sp³-hybridized carbons (Fsp3) is 1.00. The van der Waals surface area contributed by atoms with Crippen LogP contribution in [0.25, 0.3) is 0 Å². The lowest BCUT2D eigenvalue weighted by atomic mass is 10.0. The zero-order valence-corrected chi connectivity index (χ0v) is 7.05. The van der Waals surface area contributed by atoms with E-state index in [1.165, 1.54) is 23.7 Å². The van der Waals surface area contributed by atoms with Crippen LogP contribution in [-0.4, -0.2) is 0 Å². The predicted molar refractivity (Wildman–Crippen MR) is 44.1 cm³/mol. The van der Waals surface area contributed by atoms with Gasteiger partial charge < -0.3 is 0 Å². The summed E-state index contributed by atoms with van der Waals surface area (Å²) in [5, 5.41) is 0. The summed E-state index contributed by atoms with van der Waals surface area (Å²) in [7, 11) is 0. The van der Waals surface area contributed by atoms with E-state index in [4.69, 9.17) is 0 Å². The maximum atomic E-state index is 1.64. The van der Waals surface area contributed by atoms with Crippen molar-refractivity contribution in [2.24, 2.45) is 29.1 Å². The van der Waals surface area contributed by atoms with Gasteiger partial charge in [0.25, 0.3) is 0 Å². The zero-order chi connectivity index (χ0) is 7.05. The Kier molecular flexibility index (Phi) is 0.717. The first-order valence-corrected chi connectivity index (χ1v) is 5.38. The average Bonchev–Trinajstić information content (AvgIpc) is 2.85. The van der Waals surface area contributed by atoms with E-state index < -0.39 is 0 Å². The molecule has 4 aliphatic rings. The third kappa shape index (κ3) is 0.588. The van der Waals surface area contributed by atoms with E-state index in [1.54, 1.807) is 38.5 Å². The first kappa shape index (κ1) is 5.61. The molecule has 0 aromatic rings. The highest BCUT2D eigenvalue weighted by Gasteiger charge is 2.70. The van der Waals surface area contributed by atoms with Crippen LogP contribution in [0.1, 0.15) is 38.5 Å². The van der Waals surface area contributed by atoms with Gasteiger partial charge in [-0.25, -0.2) is 0 Å². The third-order valence-electron chi connectivity index (χ3n) is 5.10. The Hall–Kier alpha value is 0. The molecule has 0 heterocycles. The second kappa shape index (κ2) is 1.41. The summed E-state index contributed by atoms with van der Waals surface area (Å²) in [6.07, 6.45) is 9.74. The molecule has 0 aromatic carbocycles. The molecule has 0 radical (unpaired) electrons. The van der Waals surface area contributed by atoms with Crippen LogP contribution >= 0.6 is 0 Å². The van der Waals surface area contributed by atoms with Gasteiger partial charge in [0.1, 0.15) is 0 Å². The lowest BCUT2D eigenvalue weighted by molar-refractivity contribution is 0.459. The Balaban J connectivity index is 1.63. The zero-order valence-electron chi connectivity index (χ0n) is 7.05. The summed E-state index contributed by atoms with van der Waals surface area (Å²) in [6.45, 7) is 0. The predicted octanol–water partition coefficient (Wildman–Crippen LogP) is 2.83. The molecule has 0 amide bonds. The van der Waals surface area contributed by atoms with Crippen molar-refractivity contribution in [2.75, 3.05) is 0 Å². The van der Waals surface area contributed by atoms with Crippen LogP contribution in [0.15, 0.2) is 0 Å². The topological polar surface area (TPSA) is 0 Å². The SMILES string of the molecule is C1CC2CC23CC3CC2CC12.